The number of nitrogens with two attached hydrogens (primary N) is 1. The standard InChI is InChI=1S/C11H13BrN4O/c1-7-9(14)5-15-11(10(7)12)16-2-3-17-8(4-13)6-16/h5,8H,2-3,6,14H2,1H3. The van der Waals surface area contributed by atoms with Crippen molar-refractivity contribution in [3.8, 4) is 6.07 Å². The van der Waals surface area contributed by atoms with Crippen molar-refractivity contribution in [2.75, 3.05) is 30.3 Å². The van der Waals surface area contributed by atoms with Gasteiger partial charge in [0.1, 0.15) is 5.82 Å². The number of hydrogen-bond donors (Lipinski definition) is 1. The molecule has 0 saturated carbocycles. The summed E-state index contributed by atoms with van der Waals surface area (Å²) >= 11 is 3.50. The summed E-state index contributed by atoms with van der Waals surface area (Å²) in [7, 11) is 0. The van der Waals surface area contributed by atoms with E-state index in [1.54, 1.807) is 6.20 Å². The van der Waals surface area contributed by atoms with Gasteiger partial charge in [0.05, 0.1) is 35.6 Å². The number of nitrogen functional groups attached to an aromatic ring is 1. The van der Waals surface area contributed by atoms with E-state index in [1.165, 1.54) is 0 Å². The van der Waals surface area contributed by atoms with E-state index in [0.29, 0.717) is 18.8 Å². The first-order chi connectivity index (χ1) is 8.13. The van der Waals surface area contributed by atoms with Crippen molar-refractivity contribution >= 4 is 27.4 Å². The quantitative estimate of drug-likeness (QED) is 0.849. The highest BCUT2D eigenvalue weighted by Crippen LogP contribution is 2.31. The van der Waals surface area contributed by atoms with E-state index in [-0.39, 0.29) is 0 Å². The minimum atomic E-state index is -0.393. The van der Waals surface area contributed by atoms with Gasteiger partial charge in [0.15, 0.2) is 6.10 Å². The Hall–Kier alpha value is -1.32. The number of anilines is 2. The molecule has 0 aliphatic carbocycles. The zero-order valence-electron chi connectivity index (χ0n) is 9.48. The van der Waals surface area contributed by atoms with Crippen LogP contribution in [-0.4, -0.2) is 30.8 Å². The van der Waals surface area contributed by atoms with E-state index < -0.39 is 6.10 Å². The van der Waals surface area contributed by atoms with Crippen LogP contribution in [0.3, 0.4) is 0 Å². The minimum Gasteiger partial charge on any atom is -0.397 e. The summed E-state index contributed by atoms with van der Waals surface area (Å²) in [5.74, 6) is 0.820. The SMILES string of the molecule is Cc1c(N)cnc(N2CCOC(C#N)C2)c1Br. The van der Waals surface area contributed by atoms with Gasteiger partial charge < -0.3 is 15.4 Å². The first kappa shape index (κ1) is 12.1. The lowest BCUT2D eigenvalue weighted by molar-refractivity contribution is 0.0761. The van der Waals surface area contributed by atoms with Gasteiger partial charge in [0.25, 0.3) is 0 Å². The number of hydrogen-bond acceptors (Lipinski definition) is 5. The molecule has 5 nitrogen and oxygen atoms in total. The van der Waals surface area contributed by atoms with Crippen molar-refractivity contribution < 1.29 is 4.74 Å². The van der Waals surface area contributed by atoms with E-state index in [9.17, 15) is 0 Å². The second kappa shape index (κ2) is 4.90. The molecule has 0 bridgehead atoms. The van der Waals surface area contributed by atoms with Crippen LogP contribution in [0, 0.1) is 18.3 Å². The Kier molecular flexibility index (Phi) is 3.50. The Labute approximate surface area is 108 Å². The van der Waals surface area contributed by atoms with Crippen LogP contribution in [0.2, 0.25) is 0 Å². The van der Waals surface area contributed by atoms with Crippen molar-refractivity contribution in [1.82, 2.24) is 4.98 Å². The van der Waals surface area contributed by atoms with Crippen LogP contribution >= 0.6 is 15.9 Å². The van der Waals surface area contributed by atoms with E-state index in [0.717, 1.165) is 22.4 Å². The van der Waals surface area contributed by atoms with Gasteiger partial charge in [-0.25, -0.2) is 4.98 Å². The molecule has 1 unspecified atom stereocenters. The number of morpholine rings is 1. The molecule has 0 aromatic carbocycles. The Bertz CT molecular complexity index is 471. The summed E-state index contributed by atoms with van der Waals surface area (Å²) in [6.07, 6.45) is 1.25. The number of nitriles is 1. The van der Waals surface area contributed by atoms with Gasteiger partial charge in [-0.05, 0) is 28.4 Å². The highest BCUT2D eigenvalue weighted by atomic mass is 79.9. The number of halogens is 1. The molecule has 0 radical (unpaired) electrons. The molecule has 1 aromatic rings. The highest BCUT2D eigenvalue weighted by Gasteiger charge is 2.23. The van der Waals surface area contributed by atoms with Gasteiger partial charge in [-0.1, -0.05) is 0 Å². The predicted molar refractivity (Wildman–Crippen MR) is 68.7 cm³/mol. The van der Waals surface area contributed by atoms with Crippen molar-refractivity contribution in [3.63, 3.8) is 0 Å². The third kappa shape index (κ3) is 2.35. The van der Waals surface area contributed by atoms with E-state index >= 15 is 0 Å². The number of ether oxygens (including phenoxy) is 1. The molecule has 0 spiro atoms. The molecule has 17 heavy (non-hydrogen) atoms. The molecule has 1 aliphatic rings. The Morgan fingerprint density at radius 3 is 3.18 bits per heavy atom. The van der Waals surface area contributed by atoms with Crippen LogP contribution in [0.1, 0.15) is 5.56 Å². The maximum Gasteiger partial charge on any atom is 0.161 e. The van der Waals surface area contributed by atoms with Crippen molar-refractivity contribution in [2.24, 2.45) is 0 Å². The van der Waals surface area contributed by atoms with Gasteiger partial charge in [0, 0.05) is 6.54 Å². The van der Waals surface area contributed by atoms with E-state index in [1.807, 2.05) is 11.8 Å². The molecular formula is C11H13BrN4O. The monoisotopic (exact) mass is 296 g/mol. The van der Waals surface area contributed by atoms with Crippen LogP contribution in [0.25, 0.3) is 0 Å². The van der Waals surface area contributed by atoms with Gasteiger partial charge in [0.2, 0.25) is 0 Å². The number of nitrogens with zero attached hydrogens (tertiary/aromatic N) is 3. The fraction of sp³-hybridized carbons (Fsp3) is 0.455. The maximum atomic E-state index is 8.87. The highest BCUT2D eigenvalue weighted by molar-refractivity contribution is 9.10. The van der Waals surface area contributed by atoms with Crippen LogP contribution in [0.5, 0.6) is 0 Å². The van der Waals surface area contributed by atoms with E-state index in [4.69, 9.17) is 15.7 Å². The first-order valence-corrected chi connectivity index (χ1v) is 6.09. The molecule has 2 N–H and O–H groups in total. The predicted octanol–water partition coefficient (Wildman–Crippen LogP) is 1.46. The Morgan fingerprint density at radius 1 is 1.71 bits per heavy atom. The van der Waals surface area contributed by atoms with Crippen molar-refractivity contribution in [2.45, 2.75) is 13.0 Å². The molecule has 0 amide bonds. The molecule has 1 aliphatic heterocycles. The average Bonchev–Trinajstić information content (AvgIpc) is 2.36. The molecule has 2 rings (SSSR count). The maximum absolute atomic E-state index is 8.87. The third-order valence-electron chi connectivity index (χ3n) is 2.79. The summed E-state index contributed by atoms with van der Waals surface area (Å²) < 4.78 is 6.19. The molecule has 6 heteroatoms. The normalized spacial score (nSPS) is 20.1. The molecule has 1 atom stereocenters. The summed E-state index contributed by atoms with van der Waals surface area (Å²) in [6, 6.07) is 2.12. The van der Waals surface area contributed by atoms with Crippen LogP contribution in [-0.2, 0) is 4.74 Å². The summed E-state index contributed by atoms with van der Waals surface area (Å²) in [6.45, 7) is 3.74. The van der Waals surface area contributed by atoms with Gasteiger partial charge >= 0.3 is 0 Å². The number of aromatic nitrogens is 1. The Balaban J connectivity index is 2.29. The lowest BCUT2D eigenvalue weighted by atomic mass is 10.2. The fourth-order valence-electron chi connectivity index (χ4n) is 1.72. The van der Waals surface area contributed by atoms with Crippen molar-refractivity contribution in [1.29, 1.82) is 5.26 Å². The second-order valence-electron chi connectivity index (χ2n) is 3.91. The molecule has 1 saturated heterocycles. The first-order valence-electron chi connectivity index (χ1n) is 5.30. The smallest absolute Gasteiger partial charge is 0.161 e. The zero-order valence-corrected chi connectivity index (χ0v) is 11.1. The van der Waals surface area contributed by atoms with Crippen LogP contribution in [0.4, 0.5) is 11.5 Å². The van der Waals surface area contributed by atoms with Crippen LogP contribution in [0.15, 0.2) is 10.7 Å². The van der Waals surface area contributed by atoms with Crippen molar-refractivity contribution in [3.05, 3.63) is 16.2 Å². The summed E-state index contributed by atoms with van der Waals surface area (Å²) in [4.78, 5) is 6.36. The fourth-order valence-corrected chi connectivity index (χ4v) is 2.30. The molecule has 90 valence electrons. The number of pyridine rings is 1. The van der Waals surface area contributed by atoms with Crippen LogP contribution < -0.4 is 10.6 Å². The second-order valence-corrected chi connectivity index (χ2v) is 4.70. The third-order valence-corrected chi connectivity index (χ3v) is 3.74. The van der Waals surface area contributed by atoms with Gasteiger partial charge in [-0.3, -0.25) is 0 Å². The Morgan fingerprint density at radius 2 is 2.47 bits per heavy atom. The summed E-state index contributed by atoms with van der Waals surface area (Å²) in [5, 5.41) is 8.87. The van der Waals surface area contributed by atoms with Gasteiger partial charge in [-0.2, -0.15) is 5.26 Å². The van der Waals surface area contributed by atoms with Gasteiger partial charge in [-0.15, -0.1) is 0 Å². The molecule has 1 fully saturated rings. The molecular weight excluding hydrogens is 284 g/mol. The number of rotatable bonds is 1. The molecule has 2 heterocycles. The topological polar surface area (TPSA) is 75.2 Å². The summed E-state index contributed by atoms with van der Waals surface area (Å²) in [5.41, 5.74) is 7.41. The lowest BCUT2D eigenvalue weighted by Crippen LogP contribution is -2.42. The minimum absolute atomic E-state index is 0.393. The lowest BCUT2D eigenvalue weighted by Gasteiger charge is -2.31. The largest absolute Gasteiger partial charge is 0.397 e. The molecule has 1 aromatic heterocycles. The van der Waals surface area contributed by atoms with E-state index in [2.05, 4.69) is 27.0 Å². The average molecular weight is 297 g/mol. The zero-order chi connectivity index (χ0) is 12.4.